The van der Waals surface area contributed by atoms with Gasteiger partial charge in [0.05, 0.1) is 17.9 Å². The van der Waals surface area contributed by atoms with E-state index in [9.17, 15) is 9.59 Å². The monoisotopic (exact) mass is 487 g/mol. The highest BCUT2D eigenvalue weighted by atomic mass is 16.2. The molecule has 1 aliphatic heterocycles. The molecular weight excluding hydrogens is 450 g/mol. The molecule has 2 saturated carbocycles. The fourth-order valence-electron chi connectivity index (χ4n) is 5.58. The van der Waals surface area contributed by atoms with Crippen LogP contribution in [0.3, 0.4) is 0 Å². The fraction of sp³-hybridized carbons (Fsp3) is 0.483. The third-order valence-electron chi connectivity index (χ3n) is 7.72. The third kappa shape index (κ3) is 4.97. The van der Waals surface area contributed by atoms with Crippen molar-refractivity contribution in [3.63, 3.8) is 0 Å². The molecule has 5 rings (SSSR count). The van der Waals surface area contributed by atoms with Crippen molar-refractivity contribution in [3.8, 4) is 0 Å². The molecule has 1 aromatic carbocycles. The van der Waals surface area contributed by atoms with E-state index >= 15 is 0 Å². The lowest BCUT2D eigenvalue weighted by molar-refractivity contribution is -0.128. The van der Waals surface area contributed by atoms with Gasteiger partial charge in [0.2, 0.25) is 11.8 Å². The Morgan fingerprint density at radius 2 is 2.08 bits per heavy atom. The van der Waals surface area contributed by atoms with Gasteiger partial charge in [-0.3, -0.25) is 9.59 Å². The maximum absolute atomic E-state index is 13.8. The van der Waals surface area contributed by atoms with Gasteiger partial charge in [-0.05, 0) is 67.9 Å². The van der Waals surface area contributed by atoms with Crippen LogP contribution < -0.4 is 20.4 Å². The molecule has 0 bridgehead atoms. The summed E-state index contributed by atoms with van der Waals surface area (Å²) in [5.41, 5.74) is 4.11. The minimum Gasteiger partial charge on any atom is -0.366 e. The summed E-state index contributed by atoms with van der Waals surface area (Å²) in [5, 5.41) is 6.55. The highest BCUT2D eigenvalue weighted by Crippen LogP contribution is 2.47. The van der Waals surface area contributed by atoms with Crippen molar-refractivity contribution in [2.45, 2.75) is 71.5 Å². The Morgan fingerprint density at radius 1 is 1.31 bits per heavy atom. The van der Waals surface area contributed by atoms with E-state index in [1.165, 1.54) is 6.08 Å². The summed E-state index contributed by atoms with van der Waals surface area (Å²) in [6.07, 6.45) is 8.04. The minimum absolute atomic E-state index is 0.0245. The van der Waals surface area contributed by atoms with Gasteiger partial charge in [0.25, 0.3) is 0 Å². The van der Waals surface area contributed by atoms with Crippen LogP contribution in [0.2, 0.25) is 0 Å². The maximum Gasteiger partial charge on any atom is 0.243 e. The molecule has 2 heterocycles. The summed E-state index contributed by atoms with van der Waals surface area (Å²) in [6.45, 7) is 11.4. The van der Waals surface area contributed by atoms with Crippen molar-refractivity contribution in [1.29, 1.82) is 0 Å². The normalized spacial score (nSPS) is 19.0. The number of carbonyl (C=O) groups is 2. The second kappa shape index (κ2) is 9.60. The molecule has 7 nitrogen and oxygen atoms in total. The number of hydrogen-bond acceptors (Lipinski definition) is 5. The number of benzene rings is 1. The average molecular weight is 488 g/mol. The van der Waals surface area contributed by atoms with Crippen LogP contribution >= 0.6 is 0 Å². The summed E-state index contributed by atoms with van der Waals surface area (Å²) in [5.74, 6) is 0.892. The van der Waals surface area contributed by atoms with Crippen LogP contribution in [-0.4, -0.2) is 35.4 Å². The Labute approximate surface area is 214 Å². The standard InChI is InChI=1S/C29H37N5O2/c1-5-21(31-26(35)6-2)18-33(22-9-10-22)23-11-12-24-25(14-23)34(28(36)20-15-29(3,4)16-20)17-19-8-7-13-30-27(19)32-24/h6-8,11-14,20-22H,2,5,9-10,15-18H2,1,3-4H3,(H,30,32)(H,31,35)/t21-/m1/s1. The van der Waals surface area contributed by atoms with Crippen molar-refractivity contribution >= 4 is 34.7 Å². The van der Waals surface area contributed by atoms with Crippen LogP contribution in [-0.2, 0) is 16.1 Å². The number of amides is 2. The van der Waals surface area contributed by atoms with Crippen LogP contribution in [0.25, 0.3) is 0 Å². The van der Waals surface area contributed by atoms with E-state index in [-0.39, 0.29) is 29.2 Å². The van der Waals surface area contributed by atoms with Gasteiger partial charge in [0, 0.05) is 42.0 Å². The molecule has 2 aromatic rings. The van der Waals surface area contributed by atoms with Crippen molar-refractivity contribution in [2.75, 3.05) is 21.7 Å². The van der Waals surface area contributed by atoms with E-state index < -0.39 is 0 Å². The third-order valence-corrected chi connectivity index (χ3v) is 7.72. The quantitative estimate of drug-likeness (QED) is 0.503. The van der Waals surface area contributed by atoms with Gasteiger partial charge < -0.3 is 20.4 Å². The van der Waals surface area contributed by atoms with E-state index in [1.54, 1.807) is 6.20 Å². The largest absolute Gasteiger partial charge is 0.366 e. The van der Waals surface area contributed by atoms with Gasteiger partial charge in [-0.1, -0.05) is 33.4 Å². The van der Waals surface area contributed by atoms with Gasteiger partial charge in [0.1, 0.15) is 5.82 Å². The van der Waals surface area contributed by atoms with Crippen molar-refractivity contribution in [3.05, 3.63) is 54.7 Å². The number of aromatic nitrogens is 1. The van der Waals surface area contributed by atoms with Crippen LogP contribution in [0.15, 0.2) is 49.2 Å². The summed E-state index contributed by atoms with van der Waals surface area (Å²) >= 11 is 0. The molecule has 0 radical (unpaired) electrons. The number of nitrogens with zero attached hydrogens (tertiary/aromatic N) is 3. The fourth-order valence-corrected chi connectivity index (χ4v) is 5.58. The summed E-state index contributed by atoms with van der Waals surface area (Å²) < 4.78 is 0. The van der Waals surface area contributed by atoms with E-state index in [2.05, 4.69) is 66.1 Å². The molecule has 2 amide bonds. The van der Waals surface area contributed by atoms with Gasteiger partial charge >= 0.3 is 0 Å². The Hall–Kier alpha value is -3.35. The van der Waals surface area contributed by atoms with Crippen molar-refractivity contribution in [1.82, 2.24) is 10.3 Å². The van der Waals surface area contributed by atoms with E-state index in [1.807, 2.05) is 17.0 Å². The number of carbonyl (C=O) groups excluding carboxylic acids is 2. The molecule has 0 spiro atoms. The zero-order valence-electron chi connectivity index (χ0n) is 21.6. The lowest BCUT2D eigenvalue weighted by Gasteiger charge is -2.43. The number of anilines is 4. The number of nitrogens with one attached hydrogen (secondary N) is 2. The highest BCUT2D eigenvalue weighted by Gasteiger charge is 2.43. The van der Waals surface area contributed by atoms with E-state index in [4.69, 9.17) is 0 Å². The zero-order valence-corrected chi connectivity index (χ0v) is 21.6. The van der Waals surface area contributed by atoms with Crippen molar-refractivity contribution < 1.29 is 9.59 Å². The zero-order chi connectivity index (χ0) is 25.4. The summed E-state index contributed by atoms with van der Waals surface area (Å²) in [6, 6.07) is 10.8. The topological polar surface area (TPSA) is 77.6 Å². The molecule has 2 N–H and O–H groups in total. The van der Waals surface area contributed by atoms with Crippen LogP contribution in [0.4, 0.5) is 22.9 Å². The second-order valence-corrected chi connectivity index (χ2v) is 11.2. The molecule has 36 heavy (non-hydrogen) atoms. The molecule has 7 heteroatoms. The summed E-state index contributed by atoms with van der Waals surface area (Å²) in [7, 11) is 0. The Bertz CT molecular complexity index is 1160. The van der Waals surface area contributed by atoms with Gasteiger partial charge in [-0.2, -0.15) is 0 Å². The first kappa shape index (κ1) is 24.3. The Morgan fingerprint density at radius 3 is 2.75 bits per heavy atom. The molecular formula is C29H37N5O2. The van der Waals surface area contributed by atoms with Crippen LogP contribution in [0.5, 0.6) is 0 Å². The number of rotatable bonds is 8. The summed E-state index contributed by atoms with van der Waals surface area (Å²) in [4.78, 5) is 34.7. The first-order chi connectivity index (χ1) is 17.3. The SMILES string of the molecule is C=CC(=O)N[C@H](CC)CN(c1ccc2c(c1)N(C(=O)C1CC(C)(C)C1)Cc1cccnc1N2)C1CC1. The first-order valence-electron chi connectivity index (χ1n) is 13.1. The molecule has 190 valence electrons. The molecule has 1 aromatic heterocycles. The molecule has 0 saturated heterocycles. The number of hydrogen-bond donors (Lipinski definition) is 2. The van der Waals surface area contributed by atoms with Gasteiger partial charge in [-0.25, -0.2) is 4.98 Å². The highest BCUT2D eigenvalue weighted by molar-refractivity contribution is 6.00. The maximum atomic E-state index is 13.8. The Kier molecular flexibility index (Phi) is 6.49. The van der Waals surface area contributed by atoms with Crippen LogP contribution in [0, 0.1) is 11.3 Å². The Balaban J connectivity index is 1.48. The van der Waals surface area contributed by atoms with Crippen LogP contribution in [0.1, 0.15) is 58.4 Å². The average Bonchev–Trinajstić information content (AvgIpc) is 3.70. The van der Waals surface area contributed by atoms with Gasteiger partial charge in [-0.15, -0.1) is 0 Å². The predicted octanol–water partition coefficient (Wildman–Crippen LogP) is 5.16. The van der Waals surface area contributed by atoms with E-state index in [0.717, 1.165) is 67.1 Å². The molecule has 2 fully saturated rings. The molecule has 3 aliphatic rings. The molecule has 0 unspecified atom stereocenters. The smallest absolute Gasteiger partial charge is 0.243 e. The number of fused-ring (bicyclic) bond motifs is 2. The lowest BCUT2D eigenvalue weighted by Crippen LogP contribution is -2.45. The lowest BCUT2D eigenvalue weighted by atomic mass is 9.64. The predicted molar refractivity (Wildman–Crippen MR) is 144 cm³/mol. The number of pyridine rings is 1. The first-order valence-corrected chi connectivity index (χ1v) is 13.1. The second-order valence-electron chi connectivity index (χ2n) is 11.2. The van der Waals surface area contributed by atoms with Crippen molar-refractivity contribution in [2.24, 2.45) is 11.3 Å². The van der Waals surface area contributed by atoms with E-state index in [0.29, 0.717) is 12.6 Å². The molecule has 1 atom stereocenters. The molecule has 2 aliphatic carbocycles. The van der Waals surface area contributed by atoms with Gasteiger partial charge in [0.15, 0.2) is 0 Å². The minimum atomic E-state index is -0.144.